The van der Waals surface area contributed by atoms with Gasteiger partial charge >= 0.3 is 6.18 Å². The van der Waals surface area contributed by atoms with Crippen LogP contribution in [-0.2, 0) is 22.3 Å². The Hall–Kier alpha value is -3.07. The number of carbonyl (C=O) groups excluding carboxylic acids is 2. The van der Waals surface area contributed by atoms with E-state index >= 15 is 0 Å². The molecule has 0 radical (unpaired) electrons. The lowest BCUT2D eigenvalue weighted by atomic mass is 9.97. The van der Waals surface area contributed by atoms with Crippen molar-refractivity contribution in [2.24, 2.45) is 11.7 Å². The van der Waals surface area contributed by atoms with Gasteiger partial charge in [0.25, 0.3) is 0 Å². The number of carbonyl (C=O) groups is 2. The monoisotopic (exact) mass is 434 g/mol. The molecule has 0 saturated carbocycles. The molecular weight excluding hydrogens is 409 g/mol. The van der Waals surface area contributed by atoms with Crippen LogP contribution in [-0.4, -0.2) is 36.3 Å². The third-order valence-electron chi connectivity index (χ3n) is 5.19. The van der Waals surface area contributed by atoms with Gasteiger partial charge in [0.05, 0.1) is 18.0 Å². The molecule has 1 saturated heterocycles. The molecule has 2 aromatic rings. The van der Waals surface area contributed by atoms with Gasteiger partial charge in [-0.2, -0.15) is 13.2 Å². The second-order valence-corrected chi connectivity index (χ2v) is 7.65. The Labute approximate surface area is 178 Å². The molecule has 0 aromatic heterocycles. The average molecular weight is 434 g/mol. The summed E-state index contributed by atoms with van der Waals surface area (Å²) in [6, 6.07) is 12.0. The molecule has 1 aliphatic rings. The maximum Gasteiger partial charge on any atom is 0.416 e. The number of likely N-dealkylation sites (tertiary alicyclic amines) is 1. The van der Waals surface area contributed by atoms with Gasteiger partial charge < -0.3 is 16.4 Å². The Balaban J connectivity index is 1.48. The quantitative estimate of drug-likeness (QED) is 0.623. The number of hydrogen-bond acceptors (Lipinski definition) is 4. The predicted molar refractivity (Wildman–Crippen MR) is 112 cm³/mol. The van der Waals surface area contributed by atoms with Gasteiger partial charge in [-0.15, -0.1) is 0 Å². The third-order valence-corrected chi connectivity index (χ3v) is 5.19. The molecule has 4 N–H and O–H groups in total. The summed E-state index contributed by atoms with van der Waals surface area (Å²) in [5.41, 5.74) is 6.50. The molecule has 3 rings (SSSR count). The smallest absolute Gasteiger partial charge is 0.376 e. The average Bonchev–Trinajstić information content (AvgIpc) is 2.73. The van der Waals surface area contributed by atoms with Gasteiger partial charge in [0.1, 0.15) is 0 Å². The summed E-state index contributed by atoms with van der Waals surface area (Å²) in [7, 11) is 0. The number of piperidine rings is 1. The number of rotatable bonds is 7. The van der Waals surface area contributed by atoms with Crippen LogP contribution >= 0.6 is 0 Å². The number of hydrogen-bond donors (Lipinski definition) is 3. The molecule has 1 fully saturated rings. The zero-order valence-corrected chi connectivity index (χ0v) is 16.9. The van der Waals surface area contributed by atoms with Gasteiger partial charge in [-0.3, -0.25) is 14.5 Å². The topological polar surface area (TPSA) is 87.5 Å². The minimum atomic E-state index is -4.43. The van der Waals surface area contributed by atoms with E-state index in [4.69, 9.17) is 5.73 Å². The zero-order chi connectivity index (χ0) is 22.4. The molecule has 0 bridgehead atoms. The maximum atomic E-state index is 12.8. The van der Waals surface area contributed by atoms with E-state index < -0.39 is 11.7 Å². The molecule has 0 aliphatic carbocycles. The van der Waals surface area contributed by atoms with E-state index in [-0.39, 0.29) is 30.0 Å². The maximum absolute atomic E-state index is 12.8. The van der Waals surface area contributed by atoms with Crippen LogP contribution < -0.4 is 16.4 Å². The van der Waals surface area contributed by atoms with E-state index in [1.807, 2.05) is 12.1 Å². The Bertz CT molecular complexity index is 916. The van der Waals surface area contributed by atoms with Crippen molar-refractivity contribution in [3.05, 3.63) is 59.7 Å². The highest BCUT2D eigenvalue weighted by Crippen LogP contribution is 2.30. The number of primary amides is 1. The summed E-state index contributed by atoms with van der Waals surface area (Å²) in [4.78, 5) is 25.7. The van der Waals surface area contributed by atoms with Crippen LogP contribution in [0.1, 0.15) is 24.0 Å². The Morgan fingerprint density at radius 2 is 1.84 bits per heavy atom. The van der Waals surface area contributed by atoms with Crippen LogP contribution in [0.5, 0.6) is 0 Å². The van der Waals surface area contributed by atoms with Crippen LogP contribution in [0.2, 0.25) is 0 Å². The molecule has 1 aliphatic heterocycles. The highest BCUT2D eigenvalue weighted by Gasteiger charge is 2.30. The van der Waals surface area contributed by atoms with Gasteiger partial charge in [0.2, 0.25) is 11.8 Å². The summed E-state index contributed by atoms with van der Waals surface area (Å²) in [5.74, 6) is -0.747. The molecule has 2 aromatic carbocycles. The standard InChI is InChI=1S/C22H25F3N4O2/c23-22(24,25)17-4-1-5-19(11-17)27-12-20(30)28-18-8-6-15(7-9-18)13-29-10-2-3-16(14-29)21(26)31/h1,4-9,11,16,27H,2-3,10,12-14H2,(H2,26,31)(H,28,30). The molecule has 2 amide bonds. The molecule has 1 heterocycles. The van der Waals surface area contributed by atoms with E-state index in [1.165, 1.54) is 12.1 Å². The van der Waals surface area contributed by atoms with Crippen LogP contribution in [0, 0.1) is 5.92 Å². The number of nitrogens with two attached hydrogens (primary N) is 1. The zero-order valence-electron chi connectivity index (χ0n) is 16.9. The van der Waals surface area contributed by atoms with Gasteiger partial charge in [-0.05, 0) is 55.3 Å². The number of amides is 2. The number of benzene rings is 2. The van der Waals surface area contributed by atoms with E-state index in [1.54, 1.807) is 12.1 Å². The second-order valence-electron chi connectivity index (χ2n) is 7.65. The van der Waals surface area contributed by atoms with Crippen molar-refractivity contribution < 1.29 is 22.8 Å². The Morgan fingerprint density at radius 1 is 1.10 bits per heavy atom. The fourth-order valence-corrected chi connectivity index (χ4v) is 3.58. The summed E-state index contributed by atoms with van der Waals surface area (Å²) < 4.78 is 38.3. The highest BCUT2D eigenvalue weighted by atomic mass is 19.4. The van der Waals surface area contributed by atoms with Crippen LogP contribution in [0.25, 0.3) is 0 Å². The van der Waals surface area contributed by atoms with Crippen molar-refractivity contribution in [3.63, 3.8) is 0 Å². The highest BCUT2D eigenvalue weighted by molar-refractivity contribution is 5.93. The molecule has 0 spiro atoms. The Morgan fingerprint density at radius 3 is 2.52 bits per heavy atom. The summed E-state index contributed by atoms with van der Waals surface area (Å²) in [6.45, 7) is 2.08. The first-order valence-electron chi connectivity index (χ1n) is 10.0. The SMILES string of the molecule is NC(=O)C1CCCN(Cc2ccc(NC(=O)CNc3cccc(C(F)(F)F)c3)cc2)C1. The number of anilines is 2. The largest absolute Gasteiger partial charge is 0.416 e. The van der Waals surface area contributed by atoms with Crippen LogP contribution in [0.15, 0.2) is 48.5 Å². The lowest BCUT2D eigenvalue weighted by molar-refractivity contribution is -0.137. The van der Waals surface area contributed by atoms with Gasteiger partial charge in [0.15, 0.2) is 0 Å². The predicted octanol–water partition coefficient (Wildman–Crippen LogP) is 3.45. The van der Waals surface area contributed by atoms with Gasteiger partial charge in [-0.1, -0.05) is 18.2 Å². The third kappa shape index (κ3) is 6.71. The minimum Gasteiger partial charge on any atom is -0.376 e. The summed E-state index contributed by atoms with van der Waals surface area (Å²) in [5, 5.41) is 5.41. The lowest BCUT2D eigenvalue weighted by Gasteiger charge is -2.31. The number of nitrogens with zero attached hydrogens (tertiary/aromatic N) is 1. The number of alkyl halides is 3. The fraction of sp³-hybridized carbons (Fsp3) is 0.364. The van der Waals surface area contributed by atoms with E-state index in [0.717, 1.165) is 37.1 Å². The normalized spacial score (nSPS) is 17.2. The summed E-state index contributed by atoms with van der Waals surface area (Å²) >= 11 is 0. The molecule has 9 heteroatoms. The van der Waals surface area contributed by atoms with Crippen molar-refractivity contribution in [1.82, 2.24) is 4.90 Å². The number of halogens is 3. The van der Waals surface area contributed by atoms with Crippen LogP contribution in [0.4, 0.5) is 24.5 Å². The van der Waals surface area contributed by atoms with E-state index in [2.05, 4.69) is 15.5 Å². The second kappa shape index (κ2) is 9.82. The molecular formula is C22H25F3N4O2. The fourth-order valence-electron chi connectivity index (χ4n) is 3.58. The molecule has 166 valence electrons. The van der Waals surface area contributed by atoms with Crippen molar-refractivity contribution in [2.75, 3.05) is 30.3 Å². The number of nitrogens with one attached hydrogen (secondary N) is 2. The van der Waals surface area contributed by atoms with Crippen molar-refractivity contribution in [1.29, 1.82) is 0 Å². The molecule has 1 unspecified atom stereocenters. The van der Waals surface area contributed by atoms with E-state index in [0.29, 0.717) is 18.8 Å². The summed E-state index contributed by atoms with van der Waals surface area (Å²) in [6.07, 6.45) is -2.68. The van der Waals surface area contributed by atoms with Gasteiger partial charge in [0, 0.05) is 24.5 Å². The van der Waals surface area contributed by atoms with Gasteiger partial charge in [-0.25, -0.2) is 0 Å². The van der Waals surface area contributed by atoms with Crippen molar-refractivity contribution >= 4 is 23.2 Å². The molecule has 1 atom stereocenters. The minimum absolute atomic E-state index is 0.114. The lowest BCUT2D eigenvalue weighted by Crippen LogP contribution is -2.40. The van der Waals surface area contributed by atoms with E-state index in [9.17, 15) is 22.8 Å². The first kappa shape index (κ1) is 22.6. The first-order chi connectivity index (χ1) is 14.7. The first-order valence-corrected chi connectivity index (χ1v) is 10.0. The van der Waals surface area contributed by atoms with Crippen molar-refractivity contribution in [2.45, 2.75) is 25.6 Å². The van der Waals surface area contributed by atoms with Crippen LogP contribution in [0.3, 0.4) is 0 Å². The molecule has 6 nitrogen and oxygen atoms in total. The Kier molecular flexibility index (Phi) is 7.17. The van der Waals surface area contributed by atoms with Crippen molar-refractivity contribution in [3.8, 4) is 0 Å². The molecule has 31 heavy (non-hydrogen) atoms.